The van der Waals surface area contributed by atoms with Crippen molar-refractivity contribution in [3.8, 4) is 0 Å². The normalized spacial score (nSPS) is 11.2. The number of carbonyl (C=O) groups excluding carboxylic acids is 1. The number of fused-ring (bicyclic) bond motifs is 1. The number of carbonyl (C=O) groups is 1. The highest BCUT2D eigenvalue weighted by Gasteiger charge is 2.13. The monoisotopic (exact) mass is 389 g/mol. The topological polar surface area (TPSA) is 72.7 Å². The van der Waals surface area contributed by atoms with E-state index in [9.17, 15) is 4.79 Å². The Bertz CT molecular complexity index is 873. The fraction of sp³-hybridized carbons (Fsp3) is 0.444. The van der Waals surface area contributed by atoms with Crippen molar-refractivity contribution in [3.63, 3.8) is 0 Å². The van der Waals surface area contributed by atoms with Crippen LogP contribution in [0.25, 0.3) is 11.0 Å². The number of aromatic nitrogens is 4. The zero-order valence-electron chi connectivity index (χ0n) is 15.1. The van der Waals surface area contributed by atoms with Gasteiger partial charge >= 0.3 is 0 Å². The largest absolute Gasteiger partial charge is 0.319 e. The van der Waals surface area contributed by atoms with Crippen LogP contribution >= 0.6 is 23.1 Å². The van der Waals surface area contributed by atoms with Crippen molar-refractivity contribution in [1.29, 1.82) is 0 Å². The lowest BCUT2D eigenvalue weighted by Crippen LogP contribution is -2.14. The summed E-state index contributed by atoms with van der Waals surface area (Å²) < 4.78 is 2.13. The molecule has 26 heavy (non-hydrogen) atoms. The number of rotatable bonds is 9. The van der Waals surface area contributed by atoms with E-state index >= 15 is 0 Å². The molecule has 0 fully saturated rings. The zero-order valence-corrected chi connectivity index (χ0v) is 16.7. The number of aryl methyl sites for hydroxylation is 2. The minimum absolute atomic E-state index is 0.0824. The minimum Gasteiger partial charge on any atom is -0.319 e. The van der Waals surface area contributed by atoms with Gasteiger partial charge in [0.2, 0.25) is 11.0 Å². The van der Waals surface area contributed by atoms with Gasteiger partial charge < -0.3 is 4.57 Å². The van der Waals surface area contributed by atoms with E-state index in [1.807, 2.05) is 18.2 Å². The van der Waals surface area contributed by atoms with Gasteiger partial charge in [-0.3, -0.25) is 10.1 Å². The third-order valence-electron chi connectivity index (χ3n) is 3.98. The average molecular weight is 390 g/mol. The molecule has 3 aromatic rings. The summed E-state index contributed by atoms with van der Waals surface area (Å²) >= 11 is 2.91. The Morgan fingerprint density at radius 2 is 2.08 bits per heavy atom. The fourth-order valence-electron chi connectivity index (χ4n) is 2.69. The first-order valence-corrected chi connectivity index (χ1v) is 10.7. The van der Waals surface area contributed by atoms with Crippen molar-refractivity contribution in [2.75, 3.05) is 11.1 Å². The molecule has 0 unspecified atom stereocenters. The van der Waals surface area contributed by atoms with Crippen LogP contribution in [0, 0.1) is 0 Å². The number of thioether (sulfide) groups is 1. The lowest BCUT2D eigenvalue weighted by atomic mass is 10.2. The zero-order chi connectivity index (χ0) is 18.4. The minimum atomic E-state index is -0.0824. The van der Waals surface area contributed by atoms with Crippen LogP contribution in [0.1, 0.15) is 38.1 Å². The van der Waals surface area contributed by atoms with Crippen LogP contribution in [0.15, 0.2) is 29.4 Å². The lowest BCUT2D eigenvalue weighted by molar-refractivity contribution is -0.113. The van der Waals surface area contributed by atoms with Crippen LogP contribution in [0.4, 0.5) is 5.13 Å². The molecule has 0 spiro atoms. The van der Waals surface area contributed by atoms with Gasteiger partial charge in [0, 0.05) is 13.0 Å². The molecule has 0 bridgehead atoms. The molecule has 2 heterocycles. The molecular weight excluding hydrogens is 366 g/mol. The molecule has 0 saturated heterocycles. The van der Waals surface area contributed by atoms with E-state index in [0.29, 0.717) is 10.9 Å². The number of imidazole rings is 1. The summed E-state index contributed by atoms with van der Waals surface area (Å²) in [6.45, 7) is 5.08. The Labute approximate surface area is 161 Å². The van der Waals surface area contributed by atoms with E-state index in [-0.39, 0.29) is 5.91 Å². The maximum Gasteiger partial charge on any atom is 0.236 e. The number of nitrogens with one attached hydrogen (secondary N) is 1. The van der Waals surface area contributed by atoms with E-state index < -0.39 is 0 Å². The Kier molecular flexibility index (Phi) is 6.62. The summed E-state index contributed by atoms with van der Waals surface area (Å²) in [5.74, 6) is 0.217. The molecule has 0 aliphatic heterocycles. The number of nitrogens with zero attached hydrogens (tertiary/aromatic N) is 4. The first-order chi connectivity index (χ1) is 12.7. The molecule has 0 atom stereocenters. The van der Waals surface area contributed by atoms with E-state index in [0.717, 1.165) is 40.6 Å². The number of unbranched alkanes of at least 4 members (excludes halogenated alkanes) is 2. The van der Waals surface area contributed by atoms with Crippen molar-refractivity contribution < 1.29 is 4.79 Å². The lowest BCUT2D eigenvalue weighted by Gasteiger charge is -2.05. The summed E-state index contributed by atoms with van der Waals surface area (Å²) in [4.78, 5) is 16.9. The smallest absolute Gasteiger partial charge is 0.236 e. The molecule has 138 valence electrons. The van der Waals surface area contributed by atoms with E-state index in [1.165, 1.54) is 35.9 Å². The predicted octanol–water partition coefficient (Wildman–Crippen LogP) is 4.37. The second-order valence-corrected chi connectivity index (χ2v) is 7.93. The molecule has 0 aliphatic carbocycles. The van der Waals surface area contributed by atoms with Crippen molar-refractivity contribution >= 4 is 45.2 Å². The van der Waals surface area contributed by atoms with Gasteiger partial charge in [-0.2, -0.15) is 0 Å². The molecule has 6 nitrogen and oxygen atoms in total. The number of hydrogen-bond donors (Lipinski definition) is 1. The molecule has 1 aromatic carbocycles. The maximum atomic E-state index is 12.2. The summed E-state index contributed by atoms with van der Waals surface area (Å²) in [7, 11) is 0. The van der Waals surface area contributed by atoms with Gasteiger partial charge in [-0.1, -0.05) is 55.0 Å². The Hall–Kier alpha value is -1.93. The number of hydrogen-bond acceptors (Lipinski definition) is 6. The summed E-state index contributed by atoms with van der Waals surface area (Å²) in [5, 5.41) is 13.5. The first kappa shape index (κ1) is 18.8. The van der Waals surface area contributed by atoms with Crippen molar-refractivity contribution in [2.24, 2.45) is 0 Å². The highest BCUT2D eigenvalue weighted by molar-refractivity contribution is 7.99. The molecule has 0 aliphatic rings. The van der Waals surface area contributed by atoms with Crippen molar-refractivity contribution in [3.05, 3.63) is 29.3 Å². The van der Waals surface area contributed by atoms with Crippen molar-refractivity contribution in [2.45, 2.75) is 51.2 Å². The average Bonchev–Trinajstić information content (AvgIpc) is 3.23. The number of anilines is 1. The summed E-state index contributed by atoms with van der Waals surface area (Å²) in [6, 6.07) is 8.03. The van der Waals surface area contributed by atoms with Crippen LogP contribution < -0.4 is 5.32 Å². The molecule has 1 amide bonds. The summed E-state index contributed by atoms with van der Waals surface area (Å²) in [6.07, 6.45) is 4.41. The molecule has 1 N–H and O–H groups in total. The molecule has 8 heteroatoms. The van der Waals surface area contributed by atoms with Gasteiger partial charge in [0.05, 0.1) is 16.8 Å². The van der Waals surface area contributed by atoms with Crippen LogP contribution in [-0.2, 0) is 17.8 Å². The van der Waals surface area contributed by atoms with E-state index in [2.05, 4.69) is 45.0 Å². The highest BCUT2D eigenvalue weighted by atomic mass is 32.2. The van der Waals surface area contributed by atoms with Gasteiger partial charge in [-0.25, -0.2) is 4.98 Å². The van der Waals surface area contributed by atoms with Gasteiger partial charge in [-0.15, -0.1) is 10.2 Å². The molecular formula is C18H23N5OS2. The van der Waals surface area contributed by atoms with Gasteiger partial charge in [0.15, 0.2) is 5.16 Å². The molecule has 2 aromatic heterocycles. The van der Waals surface area contributed by atoms with Crippen LogP contribution in [0.2, 0.25) is 0 Å². The molecule has 3 rings (SSSR count). The quantitative estimate of drug-likeness (QED) is 0.434. The third-order valence-corrected chi connectivity index (χ3v) is 5.85. The van der Waals surface area contributed by atoms with Crippen LogP contribution in [0.5, 0.6) is 0 Å². The number of amides is 1. The Morgan fingerprint density at radius 1 is 1.23 bits per heavy atom. The second kappa shape index (κ2) is 9.14. The SMILES string of the molecule is CCCCCc1nnc(NC(=O)CSc2nc3ccccc3n2CC)s1. The maximum absolute atomic E-state index is 12.2. The Balaban J connectivity index is 1.56. The first-order valence-electron chi connectivity index (χ1n) is 8.91. The molecule has 0 radical (unpaired) electrons. The number of benzene rings is 1. The number of para-hydroxylation sites is 2. The van der Waals surface area contributed by atoms with Crippen LogP contribution in [0.3, 0.4) is 0 Å². The van der Waals surface area contributed by atoms with Gasteiger partial charge in [-0.05, 0) is 25.5 Å². The standard InChI is InChI=1S/C18H23N5OS2/c1-3-5-6-11-16-21-22-17(26-16)20-15(24)12-25-18-19-13-9-7-8-10-14(13)23(18)4-2/h7-10H,3-6,11-12H2,1-2H3,(H,20,22,24). The Morgan fingerprint density at radius 3 is 2.88 bits per heavy atom. The fourth-order valence-corrected chi connectivity index (χ4v) is 4.36. The van der Waals surface area contributed by atoms with Gasteiger partial charge in [0.1, 0.15) is 5.01 Å². The summed E-state index contributed by atoms with van der Waals surface area (Å²) in [5.41, 5.74) is 2.05. The highest BCUT2D eigenvalue weighted by Crippen LogP contribution is 2.24. The second-order valence-electron chi connectivity index (χ2n) is 5.92. The van der Waals surface area contributed by atoms with E-state index in [4.69, 9.17) is 0 Å². The van der Waals surface area contributed by atoms with Crippen molar-refractivity contribution in [1.82, 2.24) is 19.7 Å². The van der Waals surface area contributed by atoms with Crippen LogP contribution in [-0.4, -0.2) is 31.4 Å². The third kappa shape index (κ3) is 4.62. The predicted molar refractivity (Wildman–Crippen MR) is 108 cm³/mol. The molecule has 0 saturated carbocycles. The van der Waals surface area contributed by atoms with Gasteiger partial charge in [0.25, 0.3) is 0 Å². The van der Waals surface area contributed by atoms with E-state index in [1.54, 1.807) is 0 Å².